The highest BCUT2D eigenvalue weighted by molar-refractivity contribution is 5.87. The average Bonchev–Trinajstić information content (AvgIpc) is 3.42. The van der Waals surface area contributed by atoms with Crippen LogP contribution in [-0.2, 0) is 47.2 Å². The Labute approximate surface area is 302 Å². The molecular formula is C38H47N3O11. The Morgan fingerprint density at radius 1 is 0.962 bits per heavy atom. The topological polar surface area (TPSA) is 161 Å². The summed E-state index contributed by atoms with van der Waals surface area (Å²) in [7, 11) is 0. The van der Waals surface area contributed by atoms with Gasteiger partial charge in [-0.1, -0.05) is 13.8 Å². The molecule has 0 saturated carbocycles. The van der Waals surface area contributed by atoms with Gasteiger partial charge in [-0.25, -0.2) is 19.2 Å². The zero-order valence-electron chi connectivity index (χ0n) is 31.0. The molecule has 0 radical (unpaired) electrons. The molecule has 0 aliphatic carbocycles. The van der Waals surface area contributed by atoms with Gasteiger partial charge in [-0.3, -0.25) is 4.79 Å². The standard InChI is InChI=1S/C38H47N3O11/c1-9-23-24-17-22(49-34(45)51-37(6,7)8)11-12-28(24)39-30-25(23)19-41-29(30)18-27-26(31(41)42)20-47-32(43)38(27,10-2)52-35(46)48-21-13-15-40(16-14-21)33(44)50-36(3,4)5/h11-12,17-18,21,30,39H,9-10,13-16,19-20H2,1-8H3. The fraction of sp³-hybridized carbons (Fsp3) is 0.553. The van der Waals surface area contributed by atoms with Gasteiger partial charge in [-0.2, -0.15) is 0 Å². The Balaban J connectivity index is 1.25. The van der Waals surface area contributed by atoms with E-state index < -0.39 is 53.3 Å². The smallest absolute Gasteiger partial charge is 0.457 e. The molecule has 2 atom stereocenters. The summed E-state index contributed by atoms with van der Waals surface area (Å²) in [5, 5.41) is 3.53. The molecule has 1 aromatic heterocycles. The van der Waals surface area contributed by atoms with Gasteiger partial charge < -0.3 is 43.2 Å². The third kappa shape index (κ3) is 7.07. The zero-order chi connectivity index (χ0) is 37.7. The summed E-state index contributed by atoms with van der Waals surface area (Å²) in [6, 6.07) is 6.61. The molecule has 4 aliphatic rings. The van der Waals surface area contributed by atoms with Crippen LogP contribution in [0.15, 0.2) is 34.6 Å². The number of carbonyl (C=O) groups excluding carboxylic acids is 4. The summed E-state index contributed by atoms with van der Waals surface area (Å²) >= 11 is 0. The first kappa shape index (κ1) is 36.8. The van der Waals surface area contributed by atoms with E-state index >= 15 is 0 Å². The maximum Gasteiger partial charge on any atom is 0.514 e. The lowest BCUT2D eigenvalue weighted by molar-refractivity contribution is -0.176. The third-order valence-electron chi connectivity index (χ3n) is 9.58. The number of hydrogen-bond donors (Lipinski definition) is 1. The van der Waals surface area contributed by atoms with Gasteiger partial charge in [-0.05, 0) is 89.8 Å². The fourth-order valence-corrected chi connectivity index (χ4v) is 7.21. The molecule has 4 aliphatic heterocycles. The minimum atomic E-state index is -1.91. The number of carbonyl (C=O) groups is 4. The van der Waals surface area contributed by atoms with Crippen molar-refractivity contribution in [3.8, 4) is 5.75 Å². The summed E-state index contributed by atoms with van der Waals surface area (Å²) in [6.07, 6.45) is -1.50. The number of pyridine rings is 1. The van der Waals surface area contributed by atoms with E-state index in [0.717, 1.165) is 22.4 Å². The van der Waals surface area contributed by atoms with E-state index in [1.165, 1.54) is 0 Å². The second kappa shape index (κ2) is 13.5. The number of piperidine rings is 1. The first-order valence-corrected chi connectivity index (χ1v) is 17.8. The van der Waals surface area contributed by atoms with E-state index in [0.29, 0.717) is 43.8 Å². The Morgan fingerprint density at radius 3 is 2.29 bits per heavy atom. The van der Waals surface area contributed by atoms with Crippen molar-refractivity contribution < 1.29 is 47.6 Å². The van der Waals surface area contributed by atoms with E-state index in [2.05, 4.69) is 5.32 Å². The number of nitrogens with zero attached hydrogens (tertiary/aromatic N) is 2. The van der Waals surface area contributed by atoms with Crippen molar-refractivity contribution in [3.05, 3.63) is 62.6 Å². The van der Waals surface area contributed by atoms with E-state index in [1.807, 2.05) is 13.0 Å². The molecule has 1 amide bonds. The van der Waals surface area contributed by atoms with Crippen molar-refractivity contribution in [3.63, 3.8) is 0 Å². The minimum Gasteiger partial charge on any atom is -0.457 e. The van der Waals surface area contributed by atoms with Crippen LogP contribution in [0.25, 0.3) is 5.57 Å². The first-order chi connectivity index (χ1) is 24.4. The Hall–Kier alpha value is -5.01. The second-order valence-corrected chi connectivity index (χ2v) is 15.5. The van der Waals surface area contributed by atoms with E-state index in [1.54, 1.807) is 76.1 Å². The summed E-state index contributed by atoms with van der Waals surface area (Å²) in [5.74, 6) is -0.463. The molecule has 1 saturated heterocycles. The Kier molecular flexibility index (Phi) is 9.56. The molecule has 52 heavy (non-hydrogen) atoms. The van der Waals surface area contributed by atoms with Crippen molar-refractivity contribution in [2.45, 2.75) is 123 Å². The lowest BCUT2D eigenvalue weighted by atomic mass is 9.84. The lowest BCUT2D eigenvalue weighted by Gasteiger charge is -2.36. The molecule has 1 fully saturated rings. The van der Waals surface area contributed by atoms with Gasteiger partial charge >= 0.3 is 24.4 Å². The number of ether oxygens (including phenoxy) is 6. The predicted molar refractivity (Wildman–Crippen MR) is 188 cm³/mol. The van der Waals surface area contributed by atoms with E-state index in [4.69, 9.17) is 28.4 Å². The average molecular weight is 722 g/mol. The van der Waals surface area contributed by atoms with Gasteiger partial charge in [0.05, 0.1) is 11.6 Å². The fourth-order valence-electron chi connectivity index (χ4n) is 7.21. The van der Waals surface area contributed by atoms with Gasteiger partial charge in [0.2, 0.25) is 5.60 Å². The van der Waals surface area contributed by atoms with Crippen molar-refractivity contribution in [1.82, 2.24) is 9.47 Å². The van der Waals surface area contributed by atoms with Crippen molar-refractivity contribution >= 4 is 35.6 Å². The maximum atomic E-state index is 14.1. The largest absolute Gasteiger partial charge is 0.514 e. The summed E-state index contributed by atoms with van der Waals surface area (Å²) in [6.45, 7) is 15.0. The molecule has 14 nitrogen and oxygen atoms in total. The van der Waals surface area contributed by atoms with Gasteiger partial charge in [-0.15, -0.1) is 0 Å². The van der Waals surface area contributed by atoms with Crippen LogP contribution in [0.3, 0.4) is 0 Å². The molecule has 2 unspecified atom stereocenters. The van der Waals surface area contributed by atoms with Crippen molar-refractivity contribution in [2.75, 3.05) is 18.4 Å². The van der Waals surface area contributed by atoms with Crippen molar-refractivity contribution in [1.29, 1.82) is 0 Å². The molecule has 0 spiro atoms. The molecular weight excluding hydrogens is 674 g/mol. The van der Waals surface area contributed by atoms with Crippen LogP contribution in [0, 0.1) is 0 Å². The number of amides is 1. The Bertz CT molecular complexity index is 1890. The lowest BCUT2D eigenvalue weighted by Crippen LogP contribution is -2.48. The molecule has 5 heterocycles. The number of cyclic esters (lactones) is 1. The van der Waals surface area contributed by atoms with Crippen LogP contribution < -0.4 is 15.6 Å². The highest BCUT2D eigenvalue weighted by Gasteiger charge is 2.52. The molecule has 0 bridgehead atoms. The molecule has 1 aromatic carbocycles. The summed E-state index contributed by atoms with van der Waals surface area (Å²) in [4.78, 5) is 67.4. The number of rotatable bonds is 5. The SMILES string of the molecule is CCC1=C2Cn3c(cc4c(c3=O)COC(=O)C4(CC)OC(=O)OC3CCN(C(=O)OC(C)(C)C)CC3)C2Nc2ccc(OC(=O)OC(C)(C)C)cc21. The number of hydrogen-bond acceptors (Lipinski definition) is 12. The third-order valence-corrected chi connectivity index (χ3v) is 9.58. The van der Waals surface area contributed by atoms with Crippen LogP contribution >= 0.6 is 0 Å². The molecule has 1 N–H and O–H groups in total. The number of fused-ring (bicyclic) bond motifs is 5. The monoisotopic (exact) mass is 721 g/mol. The van der Waals surface area contributed by atoms with E-state index in [-0.39, 0.29) is 36.3 Å². The van der Waals surface area contributed by atoms with Crippen LogP contribution in [0.1, 0.15) is 109 Å². The van der Waals surface area contributed by atoms with Gasteiger partial charge in [0.1, 0.15) is 29.7 Å². The molecule has 14 heteroatoms. The first-order valence-electron chi connectivity index (χ1n) is 17.8. The maximum absolute atomic E-state index is 14.1. The van der Waals surface area contributed by atoms with Crippen LogP contribution in [-0.4, -0.2) is 64.2 Å². The number of aromatic nitrogens is 1. The van der Waals surface area contributed by atoms with Crippen LogP contribution in [0.2, 0.25) is 0 Å². The summed E-state index contributed by atoms with van der Waals surface area (Å²) in [5.41, 5.74) is 1.08. The predicted octanol–water partition coefficient (Wildman–Crippen LogP) is 6.72. The second-order valence-electron chi connectivity index (χ2n) is 15.5. The number of likely N-dealkylation sites (tertiary alicyclic amines) is 1. The normalized spacial score (nSPS) is 21.1. The van der Waals surface area contributed by atoms with Crippen LogP contribution in [0.4, 0.5) is 20.1 Å². The van der Waals surface area contributed by atoms with Crippen molar-refractivity contribution in [2.24, 2.45) is 0 Å². The molecule has 280 valence electrons. The molecule has 6 rings (SSSR count). The summed E-state index contributed by atoms with van der Waals surface area (Å²) < 4.78 is 34.9. The zero-order valence-corrected chi connectivity index (χ0v) is 31.0. The number of nitrogens with one attached hydrogen (secondary N) is 1. The number of esters is 1. The van der Waals surface area contributed by atoms with Gasteiger partial charge in [0.15, 0.2) is 0 Å². The number of anilines is 1. The number of allylic oxidation sites excluding steroid dienone is 1. The number of benzene rings is 1. The highest BCUT2D eigenvalue weighted by Crippen LogP contribution is 2.48. The minimum absolute atomic E-state index is 0.00181. The quantitative estimate of drug-likeness (QED) is 0.197. The van der Waals surface area contributed by atoms with Crippen LogP contribution in [0.5, 0.6) is 5.75 Å². The van der Waals surface area contributed by atoms with Gasteiger partial charge in [0.25, 0.3) is 5.56 Å². The van der Waals surface area contributed by atoms with Gasteiger partial charge in [0, 0.05) is 55.0 Å². The highest BCUT2D eigenvalue weighted by atomic mass is 16.7. The molecule has 2 aromatic rings. The van der Waals surface area contributed by atoms with E-state index in [9.17, 15) is 24.0 Å². The Morgan fingerprint density at radius 2 is 1.65 bits per heavy atom.